The van der Waals surface area contributed by atoms with E-state index >= 15 is 0 Å². The Kier molecular flexibility index (Phi) is 2.09. The summed E-state index contributed by atoms with van der Waals surface area (Å²) in [5.41, 5.74) is 1.08. The summed E-state index contributed by atoms with van der Waals surface area (Å²) in [7, 11) is 0. The molecule has 0 saturated heterocycles. The molecule has 0 bridgehead atoms. The second kappa shape index (κ2) is 3.45. The number of nitrogens with zero attached hydrogens (tertiary/aromatic N) is 3. The number of aryl methyl sites for hydroxylation is 1. The molecule has 0 atom stereocenters. The SMILES string of the molecule is Cc1cn(CC2CC2)c(-c2nccs2)n1. The van der Waals surface area contributed by atoms with Crippen molar-refractivity contribution in [3.63, 3.8) is 0 Å². The Morgan fingerprint density at radius 1 is 1.53 bits per heavy atom. The minimum atomic E-state index is 0.873. The van der Waals surface area contributed by atoms with Crippen LogP contribution in [0.15, 0.2) is 17.8 Å². The van der Waals surface area contributed by atoms with Crippen molar-refractivity contribution in [1.29, 1.82) is 0 Å². The molecule has 2 aromatic heterocycles. The van der Waals surface area contributed by atoms with Gasteiger partial charge in [0.25, 0.3) is 0 Å². The molecule has 1 fully saturated rings. The van der Waals surface area contributed by atoms with Gasteiger partial charge in [-0.2, -0.15) is 0 Å². The van der Waals surface area contributed by atoms with Gasteiger partial charge in [-0.1, -0.05) is 0 Å². The van der Waals surface area contributed by atoms with E-state index in [2.05, 4.69) is 20.7 Å². The van der Waals surface area contributed by atoms with Gasteiger partial charge >= 0.3 is 0 Å². The molecule has 2 aromatic rings. The lowest BCUT2D eigenvalue weighted by Crippen LogP contribution is -2.00. The zero-order valence-corrected chi connectivity index (χ0v) is 9.50. The lowest BCUT2D eigenvalue weighted by atomic mass is 10.4. The number of hydrogen-bond donors (Lipinski definition) is 0. The van der Waals surface area contributed by atoms with Crippen LogP contribution >= 0.6 is 11.3 Å². The Morgan fingerprint density at radius 2 is 2.40 bits per heavy atom. The molecular formula is C11H13N3S. The van der Waals surface area contributed by atoms with Gasteiger partial charge in [-0.15, -0.1) is 11.3 Å². The number of rotatable bonds is 3. The molecule has 1 aliphatic rings. The maximum Gasteiger partial charge on any atom is 0.169 e. The summed E-state index contributed by atoms with van der Waals surface area (Å²) in [5.74, 6) is 1.91. The maximum atomic E-state index is 4.54. The van der Waals surface area contributed by atoms with Crippen molar-refractivity contribution in [3.05, 3.63) is 23.5 Å². The molecule has 3 rings (SSSR count). The predicted octanol–water partition coefficient (Wildman–Crippen LogP) is 2.73. The quantitative estimate of drug-likeness (QED) is 0.794. The molecule has 2 heterocycles. The average molecular weight is 219 g/mol. The van der Waals surface area contributed by atoms with Gasteiger partial charge in [-0.05, 0) is 25.7 Å². The molecule has 0 amide bonds. The summed E-state index contributed by atoms with van der Waals surface area (Å²) >= 11 is 1.66. The fraction of sp³-hybridized carbons (Fsp3) is 0.455. The first-order chi connectivity index (χ1) is 7.33. The van der Waals surface area contributed by atoms with Crippen molar-refractivity contribution < 1.29 is 0 Å². The zero-order chi connectivity index (χ0) is 10.3. The Hall–Kier alpha value is -1.16. The van der Waals surface area contributed by atoms with E-state index in [-0.39, 0.29) is 0 Å². The normalized spacial score (nSPS) is 15.8. The Balaban J connectivity index is 1.97. The van der Waals surface area contributed by atoms with Gasteiger partial charge in [0.2, 0.25) is 0 Å². The highest BCUT2D eigenvalue weighted by Gasteiger charge is 2.23. The first-order valence-corrected chi connectivity index (χ1v) is 6.14. The van der Waals surface area contributed by atoms with Crippen LogP contribution in [-0.2, 0) is 6.54 Å². The molecule has 0 aromatic carbocycles. The number of aromatic nitrogens is 3. The summed E-state index contributed by atoms with van der Waals surface area (Å²) in [6.45, 7) is 3.15. The Bertz CT molecular complexity index is 454. The molecule has 4 heteroatoms. The second-order valence-corrected chi connectivity index (χ2v) is 5.03. The third-order valence-electron chi connectivity index (χ3n) is 2.67. The highest BCUT2D eigenvalue weighted by atomic mass is 32.1. The lowest BCUT2D eigenvalue weighted by molar-refractivity contribution is 0.632. The standard InChI is InChI=1S/C11H13N3S/c1-8-6-14(7-9-2-3-9)10(13-8)11-12-4-5-15-11/h4-6,9H,2-3,7H2,1H3. The van der Waals surface area contributed by atoms with E-state index in [9.17, 15) is 0 Å². The van der Waals surface area contributed by atoms with Crippen molar-refractivity contribution in [2.24, 2.45) is 5.92 Å². The van der Waals surface area contributed by atoms with Crippen LogP contribution in [0.25, 0.3) is 10.8 Å². The average Bonchev–Trinajstić information content (AvgIpc) is 2.75. The highest BCUT2D eigenvalue weighted by Crippen LogP contribution is 2.32. The van der Waals surface area contributed by atoms with Crippen molar-refractivity contribution in [2.75, 3.05) is 0 Å². The molecule has 1 saturated carbocycles. The van der Waals surface area contributed by atoms with Gasteiger partial charge in [-0.3, -0.25) is 0 Å². The minimum absolute atomic E-state index is 0.873. The van der Waals surface area contributed by atoms with Crippen LogP contribution in [0.2, 0.25) is 0 Å². The molecular weight excluding hydrogens is 206 g/mol. The van der Waals surface area contributed by atoms with Gasteiger partial charge < -0.3 is 4.57 Å². The largest absolute Gasteiger partial charge is 0.328 e. The van der Waals surface area contributed by atoms with E-state index in [0.717, 1.165) is 29.0 Å². The van der Waals surface area contributed by atoms with Gasteiger partial charge in [0, 0.05) is 24.3 Å². The zero-order valence-electron chi connectivity index (χ0n) is 8.68. The van der Waals surface area contributed by atoms with Crippen LogP contribution in [0, 0.1) is 12.8 Å². The summed E-state index contributed by atoms with van der Waals surface area (Å²) < 4.78 is 2.26. The van der Waals surface area contributed by atoms with Crippen LogP contribution in [0.5, 0.6) is 0 Å². The monoisotopic (exact) mass is 219 g/mol. The van der Waals surface area contributed by atoms with E-state index in [0.29, 0.717) is 0 Å². The van der Waals surface area contributed by atoms with E-state index in [1.807, 2.05) is 18.5 Å². The van der Waals surface area contributed by atoms with Crippen LogP contribution < -0.4 is 0 Å². The predicted molar refractivity (Wildman–Crippen MR) is 60.8 cm³/mol. The van der Waals surface area contributed by atoms with Crippen molar-refractivity contribution in [1.82, 2.24) is 14.5 Å². The number of thiazole rings is 1. The van der Waals surface area contributed by atoms with Crippen molar-refractivity contribution in [2.45, 2.75) is 26.3 Å². The molecule has 0 unspecified atom stereocenters. The van der Waals surface area contributed by atoms with Gasteiger partial charge in [-0.25, -0.2) is 9.97 Å². The van der Waals surface area contributed by atoms with Crippen LogP contribution in [0.3, 0.4) is 0 Å². The molecule has 3 nitrogen and oxygen atoms in total. The molecule has 0 spiro atoms. The van der Waals surface area contributed by atoms with E-state index in [1.54, 1.807) is 11.3 Å². The lowest BCUT2D eigenvalue weighted by Gasteiger charge is -2.03. The van der Waals surface area contributed by atoms with Gasteiger partial charge in [0.1, 0.15) is 0 Å². The van der Waals surface area contributed by atoms with Crippen molar-refractivity contribution >= 4 is 11.3 Å². The maximum absolute atomic E-state index is 4.54. The molecule has 0 aliphatic heterocycles. The van der Waals surface area contributed by atoms with E-state index in [4.69, 9.17) is 0 Å². The Morgan fingerprint density at radius 3 is 3.07 bits per heavy atom. The van der Waals surface area contributed by atoms with Crippen LogP contribution in [0.1, 0.15) is 18.5 Å². The first-order valence-electron chi connectivity index (χ1n) is 5.26. The summed E-state index contributed by atoms with van der Waals surface area (Å²) in [6.07, 6.45) is 6.71. The van der Waals surface area contributed by atoms with E-state index in [1.165, 1.54) is 12.8 Å². The highest BCUT2D eigenvalue weighted by molar-refractivity contribution is 7.13. The molecule has 15 heavy (non-hydrogen) atoms. The number of imidazole rings is 1. The fourth-order valence-electron chi connectivity index (χ4n) is 1.77. The van der Waals surface area contributed by atoms with Gasteiger partial charge in [0.05, 0.1) is 5.69 Å². The molecule has 1 aliphatic carbocycles. The topological polar surface area (TPSA) is 30.7 Å². The fourth-order valence-corrected chi connectivity index (χ4v) is 2.41. The summed E-state index contributed by atoms with van der Waals surface area (Å²) in [5, 5.41) is 3.03. The first kappa shape index (κ1) is 9.09. The van der Waals surface area contributed by atoms with Crippen LogP contribution in [0.4, 0.5) is 0 Å². The summed E-state index contributed by atoms with van der Waals surface area (Å²) in [4.78, 5) is 8.87. The van der Waals surface area contributed by atoms with Crippen molar-refractivity contribution in [3.8, 4) is 10.8 Å². The summed E-state index contributed by atoms with van der Waals surface area (Å²) in [6, 6.07) is 0. The second-order valence-electron chi connectivity index (χ2n) is 4.14. The van der Waals surface area contributed by atoms with E-state index < -0.39 is 0 Å². The minimum Gasteiger partial charge on any atom is -0.328 e. The van der Waals surface area contributed by atoms with Gasteiger partial charge in [0.15, 0.2) is 10.8 Å². The van der Waals surface area contributed by atoms with Crippen LogP contribution in [-0.4, -0.2) is 14.5 Å². The smallest absolute Gasteiger partial charge is 0.169 e. The number of hydrogen-bond acceptors (Lipinski definition) is 3. The molecule has 78 valence electrons. The Labute approximate surface area is 92.8 Å². The molecule has 0 N–H and O–H groups in total. The third kappa shape index (κ3) is 1.81. The molecule has 0 radical (unpaired) electrons. The third-order valence-corrected chi connectivity index (χ3v) is 3.44.